The number of fused-ring (bicyclic) bond motifs is 1. The fourth-order valence-corrected chi connectivity index (χ4v) is 3.70. The fraction of sp³-hybridized carbons (Fsp3) is 0.182. The van der Waals surface area contributed by atoms with E-state index in [1.54, 1.807) is 6.07 Å². The molecule has 6 nitrogen and oxygen atoms in total. The van der Waals surface area contributed by atoms with Crippen LogP contribution < -0.4 is 20.3 Å². The van der Waals surface area contributed by atoms with Crippen molar-refractivity contribution >= 4 is 54.4 Å². The number of benzene rings is 3. The van der Waals surface area contributed by atoms with Crippen LogP contribution in [-0.4, -0.2) is 25.0 Å². The lowest BCUT2D eigenvalue weighted by Crippen LogP contribution is -2.45. The highest BCUT2D eigenvalue weighted by atomic mass is 79.9. The lowest BCUT2D eigenvalue weighted by Gasteiger charge is -2.12. The van der Waals surface area contributed by atoms with Gasteiger partial charge < -0.3 is 9.47 Å². The molecule has 0 unspecified atom stereocenters. The lowest BCUT2D eigenvalue weighted by atomic mass is 10.1. The number of carbonyl (C=O) groups excluding carboxylic acids is 2. The van der Waals surface area contributed by atoms with E-state index in [2.05, 4.69) is 42.7 Å². The predicted molar refractivity (Wildman–Crippen MR) is 123 cm³/mol. The Labute approximate surface area is 191 Å². The summed E-state index contributed by atoms with van der Waals surface area (Å²) in [6.07, 6.45) is 0. The molecule has 3 aromatic rings. The Kier molecular flexibility index (Phi) is 7.33. The van der Waals surface area contributed by atoms with Crippen LogP contribution in [-0.2, 0) is 9.59 Å². The van der Waals surface area contributed by atoms with Gasteiger partial charge in [0.05, 0.1) is 4.47 Å². The number of halogens is 2. The van der Waals surface area contributed by atoms with Crippen LogP contribution in [0.1, 0.15) is 11.1 Å². The first-order valence-electron chi connectivity index (χ1n) is 9.12. The normalized spacial score (nSPS) is 10.5. The molecule has 3 rings (SSSR count). The van der Waals surface area contributed by atoms with Crippen LogP contribution in [0.4, 0.5) is 0 Å². The third kappa shape index (κ3) is 5.73. The Morgan fingerprint density at radius 1 is 0.833 bits per heavy atom. The standard InChI is InChI=1S/C22H20Br2N2O4/c1-13-3-4-14(2)19(9-13)30-12-21(28)26-25-20(27)11-29-18-8-5-15-10-16(23)6-7-17(15)22(18)24/h3-10H,11-12H2,1-2H3,(H,25,27)(H,26,28). The first-order valence-corrected chi connectivity index (χ1v) is 10.7. The van der Waals surface area contributed by atoms with Crippen molar-refractivity contribution in [2.75, 3.05) is 13.2 Å². The van der Waals surface area contributed by atoms with Gasteiger partial charge in [0.1, 0.15) is 11.5 Å². The molecule has 0 heterocycles. The molecule has 0 aromatic heterocycles. The van der Waals surface area contributed by atoms with Crippen LogP contribution in [0, 0.1) is 13.8 Å². The van der Waals surface area contributed by atoms with Gasteiger partial charge in [0.25, 0.3) is 11.8 Å². The second-order valence-electron chi connectivity index (χ2n) is 6.69. The van der Waals surface area contributed by atoms with E-state index in [9.17, 15) is 9.59 Å². The molecule has 2 amide bonds. The van der Waals surface area contributed by atoms with Crippen molar-refractivity contribution in [2.24, 2.45) is 0 Å². The highest BCUT2D eigenvalue weighted by Gasteiger charge is 2.11. The monoisotopic (exact) mass is 534 g/mol. The summed E-state index contributed by atoms with van der Waals surface area (Å²) < 4.78 is 12.8. The van der Waals surface area contributed by atoms with Gasteiger partial charge in [-0.05, 0) is 75.9 Å². The average molecular weight is 536 g/mol. The van der Waals surface area contributed by atoms with E-state index in [4.69, 9.17) is 9.47 Å². The first kappa shape index (κ1) is 22.1. The van der Waals surface area contributed by atoms with Gasteiger partial charge >= 0.3 is 0 Å². The molecule has 0 aliphatic heterocycles. The lowest BCUT2D eigenvalue weighted by molar-refractivity contribution is -0.131. The van der Waals surface area contributed by atoms with Gasteiger partial charge in [0.2, 0.25) is 0 Å². The van der Waals surface area contributed by atoms with Crippen molar-refractivity contribution in [3.05, 3.63) is 68.6 Å². The van der Waals surface area contributed by atoms with Gasteiger partial charge in [0.15, 0.2) is 13.2 Å². The number of hydrogen-bond acceptors (Lipinski definition) is 4. The predicted octanol–water partition coefficient (Wildman–Crippen LogP) is 4.59. The third-order valence-corrected chi connectivity index (χ3v) is 5.59. The Hall–Kier alpha value is -2.58. The average Bonchev–Trinajstić information content (AvgIpc) is 2.72. The summed E-state index contributed by atoms with van der Waals surface area (Å²) in [7, 11) is 0. The van der Waals surface area contributed by atoms with Crippen LogP contribution >= 0.6 is 31.9 Å². The minimum Gasteiger partial charge on any atom is -0.483 e. The van der Waals surface area contributed by atoms with Crippen LogP contribution in [0.3, 0.4) is 0 Å². The summed E-state index contributed by atoms with van der Waals surface area (Å²) in [6.45, 7) is 3.38. The number of rotatable bonds is 6. The molecular weight excluding hydrogens is 516 g/mol. The molecule has 3 aromatic carbocycles. The summed E-state index contributed by atoms with van der Waals surface area (Å²) >= 11 is 6.96. The zero-order valence-corrected chi connectivity index (χ0v) is 19.6. The van der Waals surface area contributed by atoms with Crippen molar-refractivity contribution in [1.29, 1.82) is 0 Å². The quantitative estimate of drug-likeness (QED) is 0.453. The van der Waals surface area contributed by atoms with Crippen LogP contribution in [0.2, 0.25) is 0 Å². The SMILES string of the molecule is Cc1ccc(C)c(OCC(=O)NNC(=O)COc2ccc3cc(Br)ccc3c2Br)c1. The summed E-state index contributed by atoms with van der Waals surface area (Å²) in [5, 5.41) is 2.00. The maximum atomic E-state index is 12.0. The van der Waals surface area contributed by atoms with Gasteiger partial charge in [-0.15, -0.1) is 0 Å². The molecule has 8 heteroatoms. The molecule has 30 heavy (non-hydrogen) atoms. The molecule has 0 saturated heterocycles. The number of nitrogens with one attached hydrogen (secondary N) is 2. The third-order valence-electron chi connectivity index (χ3n) is 4.28. The van der Waals surface area contributed by atoms with Crippen molar-refractivity contribution in [1.82, 2.24) is 10.9 Å². The van der Waals surface area contributed by atoms with E-state index in [-0.39, 0.29) is 13.2 Å². The van der Waals surface area contributed by atoms with E-state index >= 15 is 0 Å². The van der Waals surface area contributed by atoms with Gasteiger partial charge in [-0.1, -0.05) is 40.2 Å². The molecule has 0 aliphatic carbocycles. The number of hydrazine groups is 1. The van der Waals surface area contributed by atoms with Gasteiger partial charge in [-0.25, -0.2) is 0 Å². The number of ether oxygens (including phenoxy) is 2. The molecular formula is C22H20Br2N2O4. The summed E-state index contributed by atoms with van der Waals surface area (Å²) in [5.74, 6) is 0.206. The second kappa shape index (κ2) is 9.95. The Morgan fingerprint density at radius 3 is 2.20 bits per heavy atom. The van der Waals surface area contributed by atoms with Crippen LogP contribution in [0.25, 0.3) is 10.8 Å². The zero-order valence-electron chi connectivity index (χ0n) is 16.4. The molecule has 2 N–H and O–H groups in total. The molecule has 0 spiro atoms. The largest absolute Gasteiger partial charge is 0.483 e. The maximum Gasteiger partial charge on any atom is 0.276 e. The van der Waals surface area contributed by atoms with E-state index in [1.807, 2.05) is 56.3 Å². The topological polar surface area (TPSA) is 76.7 Å². The molecule has 0 aliphatic rings. The van der Waals surface area contributed by atoms with Crippen molar-refractivity contribution in [3.63, 3.8) is 0 Å². The molecule has 0 atom stereocenters. The Balaban J connectivity index is 1.47. The first-order chi connectivity index (χ1) is 14.3. The maximum absolute atomic E-state index is 12.0. The number of hydrogen-bond donors (Lipinski definition) is 2. The smallest absolute Gasteiger partial charge is 0.276 e. The van der Waals surface area contributed by atoms with E-state index in [0.29, 0.717) is 11.5 Å². The molecule has 0 fully saturated rings. The van der Waals surface area contributed by atoms with Crippen molar-refractivity contribution < 1.29 is 19.1 Å². The van der Waals surface area contributed by atoms with E-state index in [1.165, 1.54) is 0 Å². The van der Waals surface area contributed by atoms with Gasteiger partial charge in [0, 0.05) is 4.47 Å². The minimum absolute atomic E-state index is 0.211. The summed E-state index contributed by atoms with van der Waals surface area (Å²) in [5.41, 5.74) is 6.59. The number of carbonyl (C=O) groups is 2. The van der Waals surface area contributed by atoms with Crippen molar-refractivity contribution in [3.8, 4) is 11.5 Å². The number of amides is 2. The second-order valence-corrected chi connectivity index (χ2v) is 8.39. The van der Waals surface area contributed by atoms with Crippen LogP contribution in [0.15, 0.2) is 57.5 Å². The Morgan fingerprint density at radius 2 is 1.50 bits per heavy atom. The molecule has 0 bridgehead atoms. The minimum atomic E-state index is -0.488. The Bertz CT molecular complexity index is 1100. The van der Waals surface area contributed by atoms with Crippen molar-refractivity contribution in [2.45, 2.75) is 13.8 Å². The summed E-state index contributed by atoms with van der Waals surface area (Å²) in [6, 6.07) is 15.3. The molecule has 156 valence electrons. The highest BCUT2D eigenvalue weighted by Crippen LogP contribution is 2.34. The summed E-state index contributed by atoms with van der Waals surface area (Å²) in [4.78, 5) is 23.9. The van der Waals surface area contributed by atoms with Crippen LogP contribution in [0.5, 0.6) is 11.5 Å². The van der Waals surface area contributed by atoms with E-state index < -0.39 is 11.8 Å². The highest BCUT2D eigenvalue weighted by molar-refractivity contribution is 9.11. The molecule has 0 radical (unpaired) electrons. The zero-order chi connectivity index (χ0) is 21.7. The van der Waals surface area contributed by atoms with Gasteiger partial charge in [-0.2, -0.15) is 0 Å². The van der Waals surface area contributed by atoms with Gasteiger partial charge in [-0.3, -0.25) is 20.4 Å². The number of aryl methyl sites for hydroxylation is 2. The van der Waals surface area contributed by atoms with E-state index in [0.717, 1.165) is 30.8 Å². The molecule has 0 saturated carbocycles. The fourth-order valence-electron chi connectivity index (χ4n) is 2.72.